The van der Waals surface area contributed by atoms with Crippen LogP contribution >= 0.6 is 35.0 Å². The maximum Gasteiger partial charge on any atom is 0.350 e. The third kappa shape index (κ3) is 3.53. The number of thioether (sulfide) groups is 1. The molecule has 4 rings (SSSR count). The summed E-state index contributed by atoms with van der Waals surface area (Å²) in [6.07, 6.45) is 0. The highest BCUT2D eigenvalue weighted by atomic mass is 35.5. The van der Waals surface area contributed by atoms with Gasteiger partial charge in [-0.2, -0.15) is 9.61 Å². The Morgan fingerprint density at radius 3 is 2.64 bits per heavy atom. The lowest BCUT2D eigenvalue weighted by Crippen LogP contribution is -2.19. The molecule has 2 aromatic heterocycles. The van der Waals surface area contributed by atoms with Crippen LogP contribution in [0.1, 0.15) is 11.3 Å². The first kappa shape index (κ1) is 19.0. The Balaban J connectivity index is 1.76. The summed E-state index contributed by atoms with van der Waals surface area (Å²) in [5.74, 6) is -0.168. The predicted molar refractivity (Wildman–Crippen MR) is 110 cm³/mol. The normalized spacial score (nSPS) is 11.3. The summed E-state index contributed by atoms with van der Waals surface area (Å²) in [4.78, 5) is 19.7. The molecule has 28 heavy (non-hydrogen) atoms. The van der Waals surface area contributed by atoms with Crippen LogP contribution in [0.3, 0.4) is 0 Å². The van der Waals surface area contributed by atoms with Gasteiger partial charge in [-0.1, -0.05) is 53.2 Å². The molecule has 0 fully saturated rings. The number of hydrogen-bond donors (Lipinski definition) is 1. The summed E-state index contributed by atoms with van der Waals surface area (Å²) in [6.45, 7) is 1.81. The highest BCUT2D eigenvalue weighted by Crippen LogP contribution is 2.30. The maximum absolute atomic E-state index is 14.0. The number of halogens is 3. The van der Waals surface area contributed by atoms with Crippen molar-refractivity contribution < 1.29 is 4.39 Å². The Hall–Kier alpha value is -2.35. The molecule has 0 amide bonds. The molecule has 0 radical (unpaired) electrons. The van der Waals surface area contributed by atoms with Gasteiger partial charge in [-0.25, -0.2) is 14.2 Å². The Labute approximate surface area is 173 Å². The van der Waals surface area contributed by atoms with E-state index in [9.17, 15) is 9.18 Å². The van der Waals surface area contributed by atoms with Gasteiger partial charge in [0.25, 0.3) is 0 Å². The number of benzene rings is 2. The number of H-pyrrole nitrogens is 1. The zero-order chi connectivity index (χ0) is 19.8. The van der Waals surface area contributed by atoms with Gasteiger partial charge in [0.05, 0.1) is 5.69 Å². The molecule has 2 heterocycles. The monoisotopic (exact) mass is 434 g/mol. The van der Waals surface area contributed by atoms with E-state index in [-0.39, 0.29) is 5.75 Å². The molecule has 142 valence electrons. The van der Waals surface area contributed by atoms with Crippen LogP contribution in [0.15, 0.2) is 52.4 Å². The standard InChI is InChI=1S/C19H13Cl2FN4OS/c1-10-16(11-5-7-12(20)8-6-11)17-23-18(24-19(27)26(17)25-10)28-9-13-14(21)3-2-4-15(13)22/h2-8H,9H2,1H3,(H,23,24,27). The van der Waals surface area contributed by atoms with Crippen molar-refractivity contribution in [3.8, 4) is 11.1 Å². The first-order valence-corrected chi connectivity index (χ1v) is 9.99. The molecule has 5 nitrogen and oxygen atoms in total. The van der Waals surface area contributed by atoms with Crippen molar-refractivity contribution in [3.05, 3.63) is 80.1 Å². The Bertz CT molecular complexity index is 1220. The third-order valence-corrected chi connectivity index (χ3v) is 5.70. The molecule has 0 saturated heterocycles. The minimum Gasteiger partial charge on any atom is -0.285 e. The van der Waals surface area contributed by atoms with Crippen molar-refractivity contribution in [3.63, 3.8) is 0 Å². The van der Waals surface area contributed by atoms with Crippen LogP contribution in [-0.2, 0) is 5.75 Å². The van der Waals surface area contributed by atoms with E-state index in [1.165, 1.54) is 22.3 Å². The number of aryl methyl sites for hydroxylation is 1. The number of nitrogens with zero attached hydrogens (tertiary/aromatic N) is 3. The van der Waals surface area contributed by atoms with E-state index in [4.69, 9.17) is 23.2 Å². The molecule has 0 bridgehead atoms. The molecule has 0 aliphatic carbocycles. The molecule has 9 heteroatoms. The number of nitrogens with one attached hydrogen (secondary N) is 1. The van der Waals surface area contributed by atoms with Crippen LogP contribution in [-0.4, -0.2) is 19.6 Å². The van der Waals surface area contributed by atoms with E-state index in [2.05, 4.69) is 15.1 Å². The largest absolute Gasteiger partial charge is 0.350 e. The van der Waals surface area contributed by atoms with Crippen LogP contribution < -0.4 is 5.69 Å². The van der Waals surface area contributed by atoms with Gasteiger partial charge in [-0.15, -0.1) is 0 Å². The smallest absolute Gasteiger partial charge is 0.285 e. The lowest BCUT2D eigenvalue weighted by Gasteiger charge is -2.06. The van der Waals surface area contributed by atoms with E-state index >= 15 is 0 Å². The zero-order valence-electron chi connectivity index (χ0n) is 14.5. The van der Waals surface area contributed by atoms with E-state index < -0.39 is 11.5 Å². The Kier molecular flexibility index (Phi) is 5.14. The lowest BCUT2D eigenvalue weighted by molar-refractivity contribution is 0.617. The Morgan fingerprint density at radius 2 is 1.93 bits per heavy atom. The van der Waals surface area contributed by atoms with E-state index in [0.29, 0.717) is 32.1 Å². The molecular formula is C19H13Cl2FN4OS. The first-order valence-electron chi connectivity index (χ1n) is 8.25. The van der Waals surface area contributed by atoms with Crippen LogP contribution in [0.25, 0.3) is 16.8 Å². The second-order valence-electron chi connectivity index (χ2n) is 6.04. The fraction of sp³-hybridized carbons (Fsp3) is 0.105. The molecule has 1 N–H and O–H groups in total. The molecule has 0 saturated carbocycles. The number of fused-ring (bicyclic) bond motifs is 1. The van der Waals surface area contributed by atoms with Gasteiger partial charge in [-0.05, 0) is 36.8 Å². The van der Waals surface area contributed by atoms with Gasteiger partial charge in [0.1, 0.15) is 5.82 Å². The second-order valence-corrected chi connectivity index (χ2v) is 7.85. The molecule has 4 aromatic rings. The van der Waals surface area contributed by atoms with E-state index in [1.807, 2.05) is 19.1 Å². The van der Waals surface area contributed by atoms with Gasteiger partial charge < -0.3 is 0 Å². The molecular weight excluding hydrogens is 422 g/mol. The second kappa shape index (κ2) is 7.58. The molecule has 0 aliphatic heterocycles. The van der Waals surface area contributed by atoms with Gasteiger partial charge in [0, 0.05) is 26.9 Å². The molecule has 0 spiro atoms. The highest BCUT2D eigenvalue weighted by molar-refractivity contribution is 7.98. The topological polar surface area (TPSA) is 63.1 Å². The third-order valence-electron chi connectivity index (χ3n) is 4.20. The lowest BCUT2D eigenvalue weighted by atomic mass is 10.1. The zero-order valence-corrected chi connectivity index (χ0v) is 16.9. The Morgan fingerprint density at radius 1 is 1.18 bits per heavy atom. The number of rotatable bonds is 4. The fourth-order valence-electron chi connectivity index (χ4n) is 2.86. The summed E-state index contributed by atoms with van der Waals surface area (Å²) in [7, 11) is 0. The quantitative estimate of drug-likeness (QED) is 0.452. The molecule has 0 aliphatic rings. The van der Waals surface area contributed by atoms with Crippen LogP contribution in [0, 0.1) is 12.7 Å². The van der Waals surface area contributed by atoms with E-state index in [1.54, 1.807) is 24.3 Å². The average Bonchev–Trinajstić information content (AvgIpc) is 2.99. The summed E-state index contributed by atoms with van der Waals surface area (Å²) < 4.78 is 15.2. The molecule has 2 aromatic carbocycles. The summed E-state index contributed by atoms with van der Waals surface area (Å²) in [5.41, 5.74) is 2.62. The maximum atomic E-state index is 14.0. The van der Waals surface area contributed by atoms with Crippen molar-refractivity contribution >= 4 is 40.6 Å². The van der Waals surface area contributed by atoms with Crippen LogP contribution in [0.4, 0.5) is 4.39 Å². The minimum absolute atomic E-state index is 0.230. The van der Waals surface area contributed by atoms with Gasteiger partial charge in [0.2, 0.25) is 0 Å². The van der Waals surface area contributed by atoms with Crippen molar-refractivity contribution in [2.24, 2.45) is 0 Å². The minimum atomic E-state index is -0.421. The van der Waals surface area contributed by atoms with Gasteiger partial charge in [-0.3, -0.25) is 4.98 Å². The van der Waals surface area contributed by atoms with Gasteiger partial charge >= 0.3 is 5.69 Å². The predicted octanol–water partition coefficient (Wildman–Crippen LogP) is 5.13. The number of hydrogen-bond acceptors (Lipinski definition) is 4. The average molecular weight is 435 g/mol. The summed E-state index contributed by atoms with van der Waals surface area (Å²) in [5, 5.41) is 5.58. The van der Waals surface area contributed by atoms with E-state index in [0.717, 1.165) is 11.1 Å². The van der Waals surface area contributed by atoms with Crippen LogP contribution in [0.2, 0.25) is 10.0 Å². The first-order chi connectivity index (χ1) is 13.4. The van der Waals surface area contributed by atoms with Crippen molar-refractivity contribution in [2.75, 3.05) is 0 Å². The van der Waals surface area contributed by atoms with Gasteiger partial charge in [0.15, 0.2) is 10.8 Å². The van der Waals surface area contributed by atoms with Crippen molar-refractivity contribution in [2.45, 2.75) is 17.8 Å². The fourth-order valence-corrected chi connectivity index (χ4v) is 4.18. The summed E-state index contributed by atoms with van der Waals surface area (Å²) in [6, 6.07) is 11.7. The van der Waals surface area contributed by atoms with Crippen molar-refractivity contribution in [1.29, 1.82) is 0 Å². The van der Waals surface area contributed by atoms with Crippen LogP contribution in [0.5, 0.6) is 0 Å². The van der Waals surface area contributed by atoms with Crippen molar-refractivity contribution in [1.82, 2.24) is 19.6 Å². The highest BCUT2D eigenvalue weighted by Gasteiger charge is 2.17. The SMILES string of the molecule is Cc1nn2c(=O)[nH]c(SCc3c(F)cccc3Cl)nc2c1-c1ccc(Cl)cc1. The molecule has 0 unspecified atom stereocenters. The molecule has 0 atom stereocenters. The number of aromatic nitrogens is 4. The summed E-state index contributed by atoms with van der Waals surface area (Å²) >= 11 is 13.2. The number of aromatic amines is 1.